The van der Waals surface area contributed by atoms with Gasteiger partial charge >= 0.3 is 6.18 Å². The van der Waals surface area contributed by atoms with Crippen LogP contribution < -0.4 is 0 Å². The van der Waals surface area contributed by atoms with Crippen LogP contribution in [0.3, 0.4) is 0 Å². The van der Waals surface area contributed by atoms with E-state index in [9.17, 15) is 27.8 Å². The lowest BCUT2D eigenvalue weighted by molar-refractivity contribution is -0.287. The zero-order valence-electron chi connectivity index (χ0n) is 15.0. The molecule has 0 aromatic heterocycles. The Hall–Kier alpha value is -1.40. The lowest BCUT2D eigenvalue weighted by Gasteiger charge is -2.41. The number of amidine groups is 1. The Balaban J connectivity index is 1.78. The molecule has 0 saturated carbocycles. The maximum atomic E-state index is 13.7. The van der Waals surface area contributed by atoms with E-state index in [1.807, 2.05) is 0 Å². The number of hydrogen-bond donors (Lipinski definition) is 2. The predicted molar refractivity (Wildman–Crippen MR) is 94.2 cm³/mol. The third kappa shape index (κ3) is 4.28. The third-order valence-electron chi connectivity index (χ3n) is 4.47. The Labute approximate surface area is 163 Å². The number of halogens is 4. The Morgan fingerprint density at radius 2 is 1.93 bits per heavy atom. The predicted octanol–water partition coefficient (Wildman–Crippen LogP) is 1.75. The summed E-state index contributed by atoms with van der Waals surface area (Å²) in [6, 6.07) is 4.39. The van der Waals surface area contributed by atoms with Gasteiger partial charge in [0.05, 0.1) is 6.61 Å². The number of fused-ring (bicyclic) bond motifs is 1. The molecule has 0 aliphatic carbocycles. The van der Waals surface area contributed by atoms with E-state index < -0.39 is 54.5 Å². The molecule has 0 amide bonds. The topological polar surface area (TPSA) is 74.5 Å². The lowest BCUT2D eigenvalue weighted by atomic mass is 9.94. The highest BCUT2D eigenvalue weighted by molar-refractivity contribution is 8.14. The van der Waals surface area contributed by atoms with Gasteiger partial charge in [0, 0.05) is 19.7 Å². The summed E-state index contributed by atoms with van der Waals surface area (Å²) < 4.78 is 65.0. The lowest BCUT2D eigenvalue weighted by Crippen LogP contribution is -2.61. The second kappa shape index (κ2) is 8.15. The molecule has 0 spiro atoms. The number of alkyl halides is 3. The summed E-state index contributed by atoms with van der Waals surface area (Å²) in [5.41, 5.74) is -0.961. The van der Waals surface area contributed by atoms with Crippen molar-refractivity contribution in [1.29, 1.82) is 0 Å². The SMILES string of the molecule is CN(C)C1=N[C@@H]2[C@@H](O)[C@H](O)C([C@H](OCc3ccccc3F)C(F)(F)F)O[C@@H]2S1. The van der Waals surface area contributed by atoms with Crippen molar-refractivity contribution >= 4 is 16.9 Å². The normalized spacial score (nSPS) is 31.3. The number of nitrogens with zero attached hydrogens (tertiary/aromatic N) is 2. The van der Waals surface area contributed by atoms with Crippen molar-refractivity contribution < 1.29 is 37.2 Å². The largest absolute Gasteiger partial charge is 0.417 e. The standard InChI is InChI=1S/C17H20F4N2O4S/c1-23(2)16-22-10-11(24)12(25)13(27-15(10)28-16)14(17(19,20)21)26-7-8-5-3-4-6-9(8)18/h3-6,10-15,24-25H,7H2,1-2H3/t10-,11-,12+,13?,14+,15-/m1/s1. The molecule has 28 heavy (non-hydrogen) atoms. The fourth-order valence-electron chi connectivity index (χ4n) is 3.01. The molecule has 0 bridgehead atoms. The summed E-state index contributed by atoms with van der Waals surface area (Å²) in [6.07, 6.45) is -12.8. The first-order chi connectivity index (χ1) is 13.1. The number of rotatable bonds is 4. The molecule has 0 radical (unpaired) electrons. The number of ether oxygens (including phenoxy) is 2. The van der Waals surface area contributed by atoms with Crippen molar-refractivity contribution in [3.8, 4) is 0 Å². The number of thioether (sulfide) groups is 1. The Morgan fingerprint density at radius 3 is 2.54 bits per heavy atom. The third-order valence-corrected chi connectivity index (χ3v) is 5.77. The average Bonchev–Trinajstić information content (AvgIpc) is 3.04. The average molecular weight is 424 g/mol. The molecular formula is C17H20F4N2O4S. The molecule has 2 aliphatic heterocycles. The first-order valence-corrected chi connectivity index (χ1v) is 9.32. The van der Waals surface area contributed by atoms with E-state index in [1.54, 1.807) is 19.0 Å². The number of hydrogen-bond acceptors (Lipinski definition) is 7. The molecule has 6 atom stereocenters. The van der Waals surface area contributed by atoms with E-state index in [4.69, 9.17) is 9.47 Å². The van der Waals surface area contributed by atoms with Crippen molar-refractivity contribution in [2.45, 2.75) is 48.7 Å². The van der Waals surface area contributed by atoms with Gasteiger partial charge in [-0.05, 0) is 6.07 Å². The van der Waals surface area contributed by atoms with E-state index in [-0.39, 0.29) is 5.56 Å². The van der Waals surface area contributed by atoms with Crippen LogP contribution in [0, 0.1) is 5.82 Å². The Kier molecular flexibility index (Phi) is 6.20. The van der Waals surface area contributed by atoms with E-state index in [1.165, 1.54) is 18.2 Å². The van der Waals surface area contributed by atoms with Crippen LogP contribution in [0.5, 0.6) is 0 Å². The van der Waals surface area contributed by atoms with Crippen LogP contribution in [0.15, 0.2) is 29.3 Å². The van der Waals surface area contributed by atoms with Crippen LogP contribution in [-0.4, -0.2) is 76.4 Å². The second-order valence-corrected chi connectivity index (χ2v) is 7.79. The smallest absolute Gasteiger partial charge is 0.388 e. The Bertz CT molecular complexity index is 733. The summed E-state index contributed by atoms with van der Waals surface area (Å²) in [4.78, 5) is 5.84. The van der Waals surface area contributed by atoms with Crippen molar-refractivity contribution in [3.63, 3.8) is 0 Å². The fraction of sp³-hybridized carbons (Fsp3) is 0.588. The molecule has 156 valence electrons. The van der Waals surface area contributed by atoms with Crippen molar-refractivity contribution in [3.05, 3.63) is 35.6 Å². The molecule has 1 aromatic rings. The first-order valence-electron chi connectivity index (χ1n) is 8.44. The van der Waals surface area contributed by atoms with Gasteiger partial charge in [-0.25, -0.2) is 4.39 Å². The number of aliphatic hydroxyl groups is 2. The molecule has 2 N–H and O–H groups in total. The van der Waals surface area contributed by atoms with Crippen LogP contribution in [-0.2, 0) is 16.1 Å². The molecular weight excluding hydrogens is 404 g/mol. The van der Waals surface area contributed by atoms with E-state index in [0.29, 0.717) is 5.17 Å². The molecule has 1 fully saturated rings. The van der Waals surface area contributed by atoms with Gasteiger partial charge < -0.3 is 24.6 Å². The highest BCUT2D eigenvalue weighted by atomic mass is 32.2. The van der Waals surface area contributed by atoms with E-state index in [2.05, 4.69) is 4.99 Å². The van der Waals surface area contributed by atoms with Crippen LogP contribution in [0.2, 0.25) is 0 Å². The minimum Gasteiger partial charge on any atom is -0.388 e. The van der Waals surface area contributed by atoms with Gasteiger partial charge in [-0.1, -0.05) is 30.0 Å². The monoisotopic (exact) mass is 424 g/mol. The van der Waals surface area contributed by atoms with Crippen LogP contribution in [0.25, 0.3) is 0 Å². The van der Waals surface area contributed by atoms with E-state index in [0.717, 1.165) is 17.8 Å². The molecule has 2 aliphatic rings. The minimum atomic E-state index is -4.90. The summed E-state index contributed by atoms with van der Waals surface area (Å²) in [5, 5.41) is 21.1. The fourth-order valence-corrected chi connectivity index (χ4v) is 4.16. The van der Waals surface area contributed by atoms with Gasteiger partial charge in [0.25, 0.3) is 0 Å². The zero-order valence-corrected chi connectivity index (χ0v) is 15.8. The molecule has 1 unspecified atom stereocenters. The molecule has 6 nitrogen and oxygen atoms in total. The number of aliphatic hydroxyl groups excluding tert-OH is 2. The van der Waals surface area contributed by atoms with Crippen LogP contribution in [0.4, 0.5) is 17.6 Å². The van der Waals surface area contributed by atoms with Crippen LogP contribution >= 0.6 is 11.8 Å². The Morgan fingerprint density at radius 1 is 1.25 bits per heavy atom. The summed E-state index contributed by atoms with van der Waals surface area (Å²) in [6.45, 7) is -0.666. The highest BCUT2D eigenvalue weighted by Crippen LogP contribution is 2.41. The summed E-state index contributed by atoms with van der Waals surface area (Å²) in [7, 11) is 3.39. The van der Waals surface area contributed by atoms with Crippen molar-refractivity contribution in [1.82, 2.24) is 4.90 Å². The van der Waals surface area contributed by atoms with Crippen LogP contribution in [0.1, 0.15) is 5.56 Å². The highest BCUT2D eigenvalue weighted by Gasteiger charge is 2.57. The second-order valence-electron chi connectivity index (χ2n) is 6.73. The van der Waals surface area contributed by atoms with E-state index >= 15 is 0 Å². The zero-order chi connectivity index (χ0) is 20.6. The number of benzene rings is 1. The van der Waals surface area contributed by atoms with Gasteiger partial charge in [-0.2, -0.15) is 13.2 Å². The summed E-state index contributed by atoms with van der Waals surface area (Å²) in [5.74, 6) is -0.705. The van der Waals surface area contributed by atoms with Gasteiger partial charge in [0.2, 0.25) is 0 Å². The van der Waals surface area contributed by atoms with Gasteiger partial charge in [0.1, 0.15) is 35.6 Å². The first kappa shape index (κ1) is 21.3. The summed E-state index contributed by atoms with van der Waals surface area (Å²) >= 11 is 1.06. The minimum absolute atomic E-state index is 0.0612. The van der Waals surface area contributed by atoms with Crippen molar-refractivity contribution in [2.75, 3.05) is 14.1 Å². The van der Waals surface area contributed by atoms with Gasteiger partial charge in [-0.3, -0.25) is 4.99 Å². The molecule has 11 heteroatoms. The maximum absolute atomic E-state index is 13.7. The quantitative estimate of drug-likeness (QED) is 0.718. The molecule has 3 rings (SSSR count). The van der Waals surface area contributed by atoms with Gasteiger partial charge in [-0.15, -0.1) is 0 Å². The molecule has 1 aromatic carbocycles. The number of aliphatic imine (C=N–C) groups is 1. The van der Waals surface area contributed by atoms with Gasteiger partial charge in [0.15, 0.2) is 11.3 Å². The maximum Gasteiger partial charge on any atom is 0.417 e. The van der Waals surface area contributed by atoms with Crippen molar-refractivity contribution in [2.24, 2.45) is 4.99 Å². The molecule has 2 heterocycles. The molecule has 1 saturated heterocycles.